The van der Waals surface area contributed by atoms with Crippen molar-refractivity contribution in [3.8, 4) is 0 Å². The van der Waals surface area contributed by atoms with Gasteiger partial charge in [-0.3, -0.25) is 4.79 Å². The summed E-state index contributed by atoms with van der Waals surface area (Å²) in [7, 11) is -1.60. The maximum absolute atomic E-state index is 12.9. The minimum absolute atomic E-state index is 0.175. The van der Waals surface area contributed by atoms with Crippen LogP contribution in [0.4, 0.5) is 0 Å². The van der Waals surface area contributed by atoms with Gasteiger partial charge in [0.25, 0.3) is 5.91 Å². The van der Waals surface area contributed by atoms with E-state index in [2.05, 4.69) is 35.3 Å². The van der Waals surface area contributed by atoms with Crippen LogP contribution >= 0.6 is 0 Å². The summed E-state index contributed by atoms with van der Waals surface area (Å²) in [6, 6.07) is 14.6. The van der Waals surface area contributed by atoms with Crippen LogP contribution in [0.1, 0.15) is 27.9 Å². The van der Waals surface area contributed by atoms with Crippen molar-refractivity contribution >= 4 is 15.9 Å². The van der Waals surface area contributed by atoms with Crippen LogP contribution < -0.4 is 5.32 Å². The molecule has 1 amide bonds. The first-order chi connectivity index (χ1) is 13.9. The lowest BCUT2D eigenvalue weighted by molar-refractivity contribution is 0.0953. The number of carbonyl (C=O) groups excluding carboxylic acids is 1. The highest BCUT2D eigenvalue weighted by atomic mass is 32.2. The summed E-state index contributed by atoms with van der Waals surface area (Å²) >= 11 is 0. The van der Waals surface area contributed by atoms with Crippen LogP contribution in [0.3, 0.4) is 0 Å². The molecular formula is C22H29N3O3S. The van der Waals surface area contributed by atoms with Crippen LogP contribution in [0.15, 0.2) is 53.4 Å². The Balaban J connectivity index is 1.57. The van der Waals surface area contributed by atoms with Gasteiger partial charge in [0.2, 0.25) is 10.0 Å². The summed E-state index contributed by atoms with van der Waals surface area (Å²) in [4.78, 5) is 14.8. The van der Waals surface area contributed by atoms with E-state index in [1.54, 1.807) is 18.2 Å². The first-order valence-corrected chi connectivity index (χ1v) is 11.4. The van der Waals surface area contributed by atoms with E-state index in [1.807, 2.05) is 13.1 Å². The second kappa shape index (κ2) is 9.52. The molecule has 2 aromatic rings. The second-order valence-electron chi connectivity index (χ2n) is 7.58. The van der Waals surface area contributed by atoms with E-state index in [1.165, 1.54) is 21.5 Å². The molecule has 7 heteroatoms. The minimum atomic E-state index is -3.58. The maximum Gasteiger partial charge on any atom is 0.251 e. The van der Waals surface area contributed by atoms with E-state index < -0.39 is 10.0 Å². The van der Waals surface area contributed by atoms with Crippen molar-refractivity contribution in [2.75, 3.05) is 39.8 Å². The Kier molecular flexibility index (Phi) is 7.05. The monoisotopic (exact) mass is 415 g/mol. The van der Waals surface area contributed by atoms with Crippen molar-refractivity contribution in [2.24, 2.45) is 0 Å². The number of nitrogens with zero attached hydrogens (tertiary/aromatic N) is 2. The van der Waals surface area contributed by atoms with Gasteiger partial charge in [0, 0.05) is 38.3 Å². The van der Waals surface area contributed by atoms with E-state index >= 15 is 0 Å². The predicted molar refractivity (Wildman–Crippen MR) is 115 cm³/mol. The molecule has 0 atom stereocenters. The van der Waals surface area contributed by atoms with Gasteiger partial charge in [-0.25, -0.2) is 8.42 Å². The Hall–Kier alpha value is -2.22. The number of aryl methyl sites for hydroxylation is 2. The lowest BCUT2D eigenvalue weighted by atomic mass is 10.1. The van der Waals surface area contributed by atoms with Gasteiger partial charge in [0.1, 0.15) is 0 Å². The lowest BCUT2D eigenvalue weighted by Gasteiger charge is -2.31. The van der Waals surface area contributed by atoms with Crippen molar-refractivity contribution < 1.29 is 13.2 Å². The van der Waals surface area contributed by atoms with Crippen LogP contribution in [0, 0.1) is 6.92 Å². The zero-order valence-electron chi connectivity index (χ0n) is 17.1. The largest absolute Gasteiger partial charge is 0.352 e. The molecule has 29 heavy (non-hydrogen) atoms. The maximum atomic E-state index is 12.9. The Morgan fingerprint density at radius 3 is 2.48 bits per heavy atom. The van der Waals surface area contributed by atoms with Crippen molar-refractivity contribution in [2.45, 2.75) is 24.7 Å². The van der Waals surface area contributed by atoms with Crippen molar-refractivity contribution in [3.63, 3.8) is 0 Å². The molecule has 0 saturated carbocycles. The van der Waals surface area contributed by atoms with Gasteiger partial charge >= 0.3 is 0 Å². The van der Waals surface area contributed by atoms with Gasteiger partial charge in [0.05, 0.1) is 4.90 Å². The molecule has 0 unspecified atom stereocenters. The van der Waals surface area contributed by atoms with E-state index in [4.69, 9.17) is 0 Å². The second-order valence-corrected chi connectivity index (χ2v) is 9.52. The first-order valence-electron chi connectivity index (χ1n) is 9.99. The van der Waals surface area contributed by atoms with E-state index in [9.17, 15) is 13.2 Å². The highest BCUT2D eigenvalue weighted by Gasteiger charge is 2.27. The Labute approximate surface area is 173 Å². The molecule has 1 heterocycles. The molecule has 2 aromatic carbocycles. The zero-order chi connectivity index (χ0) is 20.9. The molecule has 1 N–H and O–H groups in total. The van der Waals surface area contributed by atoms with Crippen molar-refractivity contribution in [3.05, 3.63) is 65.2 Å². The minimum Gasteiger partial charge on any atom is -0.352 e. The summed E-state index contributed by atoms with van der Waals surface area (Å²) in [6.45, 7) is 4.96. The normalized spacial score (nSPS) is 15.9. The van der Waals surface area contributed by atoms with Gasteiger partial charge in [-0.2, -0.15) is 4.31 Å². The number of amides is 1. The fourth-order valence-corrected chi connectivity index (χ4v) is 4.91. The zero-order valence-corrected chi connectivity index (χ0v) is 17.9. The Morgan fingerprint density at radius 1 is 1.03 bits per heavy atom. The smallest absolute Gasteiger partial charge is 0.251 e. The third-order valence-corrected chi connectivity index (χ3v) is 7.10. The molecule has 0 bridgehead atoms. The molecule has 0 aromatic heterocycles. The number of likely N-dealkylation sites (N-methyl/N-ethyl adjacent to an activating group) is 1. The van der Waals surface area contributed by atoms with E-state index in [0.29, 0.717) is 38.3 Å². The van der Waals surface area contributed by atoms with Crippen LogP contribution in [0.25, 0.3) is 0 Å². The first kappa shape index (κ1) is 21.5. The fourth-order valence-electron chi connectivity index (χ4n) is 3.44. The lowest BCUT2D eigenvalue weighted by Crippen LogP contribution is -2.47. The number of hydrogen-bond donors (Lipinski definition) is 1. The number of carbonyl (C=O) groups is 1. The molecule has 0 aliphatic carbocycles. The number of sulfonamides is 1. The summed E-state index contributed by atoms with van der Waals surface area (Å²) in [5.41, 5.74) is 2.85. The molecule has 1 fully saturated rings. The molecule has 0 radical (unpaired) electrons. The molecule has 0 spiro atoms. The van der Waals surface area contributed by atoms with Crippen LogP contribution in [0.5, 0.6) is 0 Å². The highest BCUT2D eigenvalue weighted by molar-refractivity contribution is 7.89. The molecule has 3 rings (SSSR count). The summed E-state index contributed by atoms with van der Waals surface area (Å²) < 4.78 is 27.3. The number of rotatable bonds is 7. The molecule has 1 aliphatic rings. The average Bonchev–Trinajstić information content (AvgIpc) is 2.71. The standard InChI is InChI=1S/C22H29N3O3S/c1-18-6-3-7-19(16-18)8-5-11-23-22(26)20-9-4-10-21(17-20)29(27,28)25-14-12-24(2)13-15-25/h3-4,6-7,9-10,16-17H,5,8,11-15H2,1-2H3,(H,23,26). The summed E-state index contributed by atoms with van der Waals surface area (Å²) in [5.74, 6) is -0.246. The topological polar surface area (TPSA) is 69.7 Å². The molecule has 156 valence electrons. The van der Waals surface area contributed by atoms with Crippen molar-refractivity contribution in [1.82, 2.24) is 14.5 Å². The Morgan fingerprint density at radius 2 is 1.76 bits per heavy atom. The Bertz CT molecular complexity index is 951. The van der Waals surface area contributed by atoms with Gasteiger partial charge in [-0.15, -0.1) is 0 Å². The van der Waals surface area contributed by atoms with E-state index in [-0.39, 0.29) is 10.8 Å². The number of benzene rings is 2. The van der Waals surface area contributed by atoms with Crippen molar-refractivity contribution in [1.29, 1.82) is 0 Å². The van der Waals surface area contributed by atoms with Gasteiger partial charge < -0.3 is 10.2 Å². The van der Waals surface area contributed by atoms with Crippen LogP contribution in [-0.2, 0) is 16.4 Å². The van der Waals surface area contributed by atoms with E-state index in [0.717, 1.165) is 12.8 Å². The van der Waals surface area contributed by atoms with Gasteiger partial charge in [-0.1, -0.05) is 35.9 Å². The van der Waals surface area contributed by atoms with Crippen LogP contribution in [-0.4, -0.2) is 63.3 Å². The van der Waals surface area contributed by atoms with Crippen LogP contribution in [0.2, 0.25) is 0 Å². The molecule has 1 saturated heterocycles. The fraction of sp³-hybridized carbons (Fsp3) is 0.409. The predicted octanol–water partition coefficient (Wildman–Crippen LogP) is 2.29. The third kappa shape index (κ3) is 5.65. The number of piperazine rings is 1. The summed E-state index contributed by atoms with van der Waals surface area (Å²) in [5, 5.41) is 2.89. The summed E-state index contributed by atoms with van der Waals surface area (Å²) in [6.07, 6.45) is 1.72. The highest BCUT2D eigenvalue weighted by Crippen LogP contribution is 2.18. The molecule has 6 nitrogen and oxygen atoms in total. The number of hydrogen-bond acceptors (Lipinski definition) is 4. The SMILES string of the molecule is Cc1cccc(CCCNC(=O)c2cccc(S(=O)(=O)N3CCN(C)CC3)c2)c1. The third-order valence-electron chi connectivity index (χ3n) is 5.21. The number of nitrogens with one attached hydrogen (secondary N) is 1. The van der Waals surface area contributed by atoms with Gasteiger partial charge in [0.15, 0.2) is 0 Å². The molecule has 1 aliphatic heterocycles. The quantitative estimate of drug-likeness (QED) is 0.705. The average molecular weight is 416 g/mol. The molecular weight excluding hydrogens is 386 g/mol. The van der Waals surface area contributed by atoms with Gasteiger partial charge in [-0.05, 0) is 50.6 Å².